The van der Waals surface area contributed by atoms with Crippen molar-refractivity contribution < 1.29 is 0 Å². The maximum absolute atomic E-state index is 5.80. The van der Waals surface area contributed by atoms with Crippen molar-refractivity contribution in [3.05, 3.63) is 39.1 Å². The largest absolute Gasteiger partial charge is 0.379 e. The molecule has 2 aromatic heterocycles. The Morgan fingerprint density at radius 3 is 2.88 bits per heavy atom. The van der Waals surface area contributed by atoms with Gasteiger partial charge in [0.1, 0.15) is 5.15 Å². The summed E-state index contributed by atoms with van der Waals surface area (Å²) in [5, 5.41) is 4.87. The molecule has 0 aliphatic heterocycles. The summed E-state index contributed by atoms with van der Waals surface area (Å²) in [6.45, 7) is 4.82. The minimum Gasteiger partial charge on any atom is -0.379 e. The van der Waals surface area contributed by atoms with Crippen LogP contribution in [-0.2, 0) is 6.54 Å². The highest BCUT2D eigenvalue weighted by molar-refractivity contribution is 7.11. The number of thiazole rings is 1. The second kappa shape index (κ2) is 4.80. The van der Waals surface area contributed by atoms with E-state index in [-0.39, 0.29) is 0 Å². The minimum atomic E-state index is 0.496. The fourth-order valence-corrected chi connectivity index (χ4v) is 2.44. The van der Waals surface area contributed by atoms with Gasteiger partial charge in [-0.25, -0.2) is 9.97 Å². The van der Waals surface area contributed by atoms with Gasteiger partial charge < -0.3 is 5.32 Å². The number of pyridine rings is 1. The predicted molar refractivity (Wildman–Crippen MR) is 68.2 cm³/mol. The van der Waals surface area contributed by atoms with E-state index in [1.165, 1.54) is 4.88 Å². The van der Waals surface area contributed by atoms with Gasteiger partial charge in [-0.05, 0) is 26.0 Å². The van der Waals surface area contributed by atoms with Gasteiger partial charge in [0.05, 0.1) is 17.2 Å². The third kappa shape index (κ3) is 2.71. The molecule has 16 heavy (non-hydrogen) atoms. The van der Waals surface area contributed by atoms with Crippen LogP contribution in [-0.4, -0.2) is 9.97 Å². The van der Waals surface area contributed by atoms with E-state index in [1.54, 1.807) is 23.6 Å². The van der Waals surface area contributed by atoms with Crippen LogP contribution in [0.1, 0.15) is 15.6 Å². The minimum absolute atomic E-state index is 0.496. The first-order valence-electron chi connectivity index (χ1n) is 4.93. The van der Waals surface area contributed by atoms with Crippen LogP contribution in [0.15, 0.2) is 18.3 Å². The van der Waals surface area contributed by atoms with Crippen molar-refractivity contribution in [3.8, 4) is 0 Å². The molecule has 0 atom stereocenters. The molecule has 84 valence electrons. The Balaban J connectivity index is 2.05. The average Bonchev–Trinajstić information content (AvgIpc) is 2.54. The Labute approximate surface area is 104 Å². The Morgan fingerprint density at radius 1 is 1.44 bits per heavy atom. The molecule has 0 aromatic carbocycles. The predicted octanol–water partition coefficient (Wildman–Crippen LogP) is 3.42. The number of halogens is 1. The van der Waals surface area contributed by atoms with E-state index in [9.17, 15) is 0 Å². The number of hydrogen-bond acceptors (Lipinski definition) is 4. The Bertz CT molecular complexity index is 496. The second-order valence-corrected chi connectivity index (χ2v) is 5.25. The SMILES string of the molecule is Cc1nc(CNc2ccnc(Cl)c2)c(C)s1. The number of hydrogen-bond donors (Lipinski definition) is 1. The number of nitrogens with one attached hydrogen (secondary N) is 1. The van der Waals surface area contributed by atoms with Crippen molar-refractivity contribution in [1.82, 2.24) is 9.97 Å². The lowest BCUT2D eigenvalue weighted by Crippen LogP contribution is -2.01. The molecule has 0 aliphatic carbocycles. The van der Waals surface area contributed by atoms with Gasteiger partial charge in [0.15, 0.2) is 0 Å². The second-order valence-electron chi connectivity index (χ2n) is 3.46. The monoisotopic (exact) mass is 253 g/mol. The smallest absolute Gasteiger partial charge is 0.131 e. The highest BCUT2D eigenvalue weighted by Crippen LogP contribution is 2.18. The zero-order chi connectivity index (χ0) is 11.5. The molecule has 3 nitrogen and oxygen atoms in total. The van der Waals surface area contributed by atoms with Gasteiger partial charge >= 0.3 is 0 Å². The molecule has 2 rings (SSSR count). The maximum Gasteiger partial charge on any atom is 0.131 e. The first-order valence-corrected chi connectivity index (χ1v) is 6.13. The Kier molecular flexibility index (Phi) is 3.41. The molecule has 2 aromatic rings. The van der Waals surface area contributed by atoms with Gasteiger partial charge in [-0.3, -0.25) is 0 Å². The van der Waals surface area contributed by atoms with Crippen molar-refractivity contribution in [2.75, 3.05) is 5.32 Å². The lowest BCUT2D eigenvalue weighted by molar-refractivity contribution is 1.04. The summed E-state index contributed by atoms with van der Waals surface area (Å²) in [6, 6.07) is 3.69. The molecule has 2 heterocycles. The molecule has 0 fully saturated rings. The lowest BCUT2D eigenvalue weighted by atomic mass is 10.3. The van der Waals surface area contributed by atoms with Gasteiger partial charge in [-0.2, -0.15) is 0 Å². The van der Waals surface area contributed by atoms with Crippen LogP contribution in [0.3, 0.4) is 0 Å². The summed E-state index contributed by atoms with van der Waals surface area (Å²) in [4.78, 5) is 9.64. The topological polar surface area (TPSA) is 37.8 Å². The molecule has 0 unspecified atom stereocenters. The molecule has 0 bridgehead atoms. The molecular formula is C11H12ClN3S. The number of aryl methyl sites for hydroxylation is 2. The number of aromatic nitrogens is 2. The van der Waals surface area contributed by atoms with Gasteiger partial charge in [0.2, 0.25) is 0 Å². The van der Waals surface area contributed by atoms with Gasteiger partial charge in [0.25, 0.3) is 0 Å². The van der Waals surface area contributed by atoms with Crippen LogP contribution < -0.4 is 5.32 Å². The van der Waals surface area contributed by atoms with E-state index < -0.39 is 0 Å². The van der Waals surface area contributed by atoms with Gasteiger partial charge in [-0.1, -0.05) is 11.6 Å². The zero-order valence-electron chi connectivity index (χ0n) is 9.12. The number of anilines is 1. The summed E-state index contributed by atoms with van der Waals surface area (Å²) in [5.74, 6) is 0. The van der Waals surface area contributed by atoms with Crippen molar-refractivity contribution in [1.29, 1.82) is 0 Å². The summed E-state index contributed by atoms with van der Waals surface area (Å²) >= 11 is 7.52. The Hall–Kier alpha value is -1.13. The number of nitrogens with zero attached hydrogens (tertiary/aromatic N) is 2. The molecule has 0 spiro atoms. The highest BCUT2D eigenvalue weighted by Gasteiger charge is 2.04. The van der Waals surface area contributed by atoms with E-state index >= 15 is 0 Å². The van der Waals surface area contributed by atoms with E-state index in [4.69, 9.17) is 11.6 Å². The normalized spacial score (nSPS) is 10.4. The molecule has 0 aliphatic rings. The van der Waals surface area contributed by atoms with Crippen molar-refractivity contribution in [3.63, 3.8) is 0 Å². The van der Waals surface area contributed by atoms with Crippen molar-refractivity contribution in [2.24, 2.45) is 0 Å². The molecule has 1 N–H and O–H groups in total. The lowest BCUT2D eigenvalue weighted by Gasteiger charge is -2.04. The van der Waals surface area contributed by atoms with E-state index in [0.29, 0.717) is 5.15 Å². The first-order chi connectivity index (χ1) is 7.65. The fourth-order valence-electron chi connectivity index (χ4n) is 1.43. The quantitative estimate of drug-likeness (QED) is 0.852. The molecule has 0 saturated carbocycles. The highest BCUT2D eigenvalue weighted by atomic mass is 35.5. The maximum atomic E-state index is 5.80. The van der Waals surface area contributed by atoms with Gasteiger partial charge in [0, 0.05) is 16.8 Å². The third-order valence-electron chi connectivity index (χ3n) is 2.19. The molecule has 0 amide bonds. The van der Waals surface area contributed by atoms with Gasteiger partial charge in [-0.15, -0.1) is 11.3 Å². The van der Waals surface area contributed by atoms with Crippen LogP contribution in [0.25, 0.3) is 0 Å². The molecule has 5 heteroatoms. The summed E-state index contributed by atoms with van der Waals surface area (Å²) in [7, 11) is 0. The zero-order valence-corrected chi connectivity index (χ0v) is 10.7. The summed E-state index contributed by atoms with van der Waals surface area (Å²) in [5.41, 5.74) is 2.06. The summed E-state index contributed by atoms with van der Waals surface area (Å²) in [6.07, 6.45) is 1.68. The van der Waals surface area contributed by atoms with E-state index in [2.05, 4.69) is 22.2 Å². The van der Waals surface area contributed by atoms with Crippen LogP contribution in [0.4, 0.5) is 5.69 Å². The van der Waals surface area contributed by atoms with Crippen molar-refractivity contribution in [2.45, 2.75) is 20.4 Å². The van der Waals surface area contributed by atoms with Crippen LogP contribution in [0, 0.1) is 13.8 Å². The third-order valence-corrected chi connectivity index (χ3v) is 3.32. The summed E-state index contributed by atoms with van der Waals surface area (Å²) < 4.78 is 0. The standard InChI is InChI=1S/C11H12ClN3S/c1-7-10(15-8(2)16-7)6-14-9-3-4-13-11(12)5-9/h3-5H,6H2,1-2H3,(H,13,14). The average molecular weight is 254 g/mol. The Morgan fingerprint density at radius 2 is 2.25 bits per heavy atom. The van der Waals surface area contributed by atoms with Crippen LogP contribution >= 0.6 is 22.9 Å². The fraction of sp³-hybridized carbons (Fsp3) is 0.273. The number of rotatable bonds is 3. The van der Waals surface area contributed by atoms with E-state index in [0.717, 1.165) is 22.9 Å². The van der Waals surface area contributed by atoms with Crippen LogP contribution in [0.2, 0.25) is 5.15 Å². The molecule has 0 saturated heterocycles. The van der Waals surface area contributed by atoms with Crippen LogP contribution in [0.5, 0.6) is 0 Å². The van der Waals surface area contributed by atoms with E-state index in [1.807, 2.05) is 13.0 Å². The van der Waals surface area contributed by atoms with Crippen molar-refractivity contribution >= 4 is 28.6 Å². The molecule has 0 radical (unpaired) electrons. The molecular weight excluding hydrogens is 242 g/mol. The first kappa shape index (κ1) is 11.4.